The smallest absolute Gasteiger partial charge is 0.142 e. The molecule has 0 N–H and O–H groups in total. The van der Waals surface area contributed by atoms with Crippen LogP contribution in [0.1, 0.15) is 18.4 Å². The Kier molecular flexibility index (Phi) is 2.77. The van der Waals surface area contributed by atoms with E-state index in [0.29, 0.717) is 12.5 Å². The predicted molar refractivity (Wildman–Crippen MR) is 51.3 cm³/mol. The highest BCUT2D eigenvalue weighted by molar-refractivity contribution is 5.62. The van der Waals surface area contributed by atoms with Crippen molar-refractivity contribution in [2.24, 2.45) is 11.1 Å². The number of halogens is 1. The lowest BCUT2D eigenvalue weighted by atomic mass is 10.2. The zero-order valence-electron chi connectivity index (χ0n) is 7.74. The van der Waals surface area contributed by atoms with Gasteiger partial charge in [-0.25, -0.2) is 4.39 Å². The number of hydrogen-bond acceptors (Lipinski definition) is 2. The van der Waals surface area contributed by atoms with Gasteiger partial charge in [0.2, 0.25) is 0 Å². The van der Waals surface area contributed by atoms with E-state index in [1.54, 1.807) is 12.1 Å². The van der Waals surface area contributed by atoms with Gasteiger partial charge >= 0.3 is 0 Å². The van der Waals surface area contributed by atoms with Gasteiger partial charge in [-0.1, -0.05) is 17.3 Å². The van der Waals surface area contributed by atoms with Gasteiger partial charge in [0.1, 0.15) is 18.6 Å². The van der Waals surface area contributed by atoms with E-state index in [-0.39, 0.29) is 5.82 Å². The molecule has 73 valence electrons. The fourth-order valence-corrected chi connectivity index (χ4v) is 1.06. The van der Waals surface area contributed by atoms with Crippen LogP contribution in [0.2, 0.25) is 0 Å². The monoisotopic (exact) mass is 192 g/mol. The third kappa shape index (κ3) is 2.83. The molecular formula is C11H11FNO. The largest absolute Gasteiger partial charge is 0.391 e. The molecule has 1 aromatic rings. The summed E-state index contributed by atoms with van der Waals surface area (Å²) in [5.74, 6) is 0.240. The van der Waals surface area contributed by atoms with Crippen LogP contribution in [0, 0.1) is 11.7 Å². The summed E-state index contributed by atoms with van der Waals surface area (Å²) < 4.78 is 12.7. The van der Waals surface area contributed by atoms with Crippen molar-refractivity contribution < 1.29 is 9.23 Å². The normalized spacial score (nSPS) is 16.1. The number of rotatable bonds is 4. The van der Waals surface area contributed by atoms with Crippen molar-refractivity contribution >= 4 is 6.21 Å². The molecule has 1 saturated carbocycles. The van der Waals surface area contributed by atoms with Gasteiger partial charge in [0.15, 0.2) is 0 Å². The molecule has 0 spiro atoms. The second-order valence-electron chi connectivity index (χ2n) is 3.40. The van der Waals surface area contributed by atoms with Gasteiger partial charge in [0, 0.05) is 5.92 Å². The van der Waals surface area contributed by atoms with Crippen molar-refractivity contribution in [3.63, 3.8) is 0 Å². The highest BCUT2D eigenvalue weighted by Gasteiger charge is 2.19. The SMILES string of the molecule is Fc1cccc(CO/N=[C]\C2CC2)c1. The zero-order chi connectivity index (χ0) is 9.80. The molecule has 1 aromatic carbocycles. The van der Waals surface area contributed by atoms with Gasteiger partial charge in [0.25, 0.3) is 0 Å². The van der Waals surface area contributed by atoms with Crippen LogP contribution in [0.3, 0.4) is 0 Å². The lowest BCUT2D eigenvalue weighted by Gasteiger charge is -1.98. The molecule has 0 aliphatic heterocycles. The van der Waals surface area contributed by atoms with Crippen LogP contribution in [-0.4, -0.2) is 6.21 Å². The minimum atomic E-state index is -0.249. The van der Waals surface area contributed by atoms with E-state index >= 15 is 0 Å². The molecule has 0 amide bonds. The molecule has 0 aromatic heterocycles. The first kappa shape index (κ1) is 9.19. The molecule has 0 atom stereocenters. The second kappa shape index (κ2) is 4.22. The summed E-state index contributed by atoms with van der Waals surface area (Å²) in [4.78, 5) is 4.97. The minimum absolute atomic E-state index is 0.249. The third-order valence-electron chi connectivity index (χ3n) is 2.00. The lowest BCUT2D eigenvalue weighted by Crippen LogP contribution is -1.88. The number of benzene rings is 1. The molecule has 3 heteroatoms. The molecule has 1 aliphatic rings. The van der Waals surface area contributed by atoms with Crippen molar-refractivity contribution in [2.45, 2.75) is 19.4 Å². The fourth-order valence-electron chi connectivity index (χ4n) is 1.06. The Balaban J connectivity index is 1.79. The molecule has 14 heavy (non-hydrogen) atoms. The van der Waals surface area contributed by atoms with Crippen molar-refractivity contribution in [3.05, 3.63) is 35.6 Å². The van der Waals surface area contributed by atoms with Gasteiger partial charge in [-0.2, -0.15) is 0 Å². The van der Waals surface area contributed by atoms with Crippen LogP contribution in [0.25, 0.3) is 0 Å². The molecule has 2 rings (SSSR count). The third-order valence-corrected chi connectivity index (χ3v) is 2.00. The Morgan fingerprint density at radius 3 is 3.07 bits per heavy atom. The van der Waals surface area contributed by atoms with Crippen LogP contribution in [-0.2, 0) is 11.4 Å². The first-order chi connectivity index (χ1) is 6.84. The van der Waals surface area contributed by atoms with Gasteiger partial charge in [-0.15, -0.1) is 0 Å². The summed E-state index contributed by atoms with van der Waals surface area (Å²) in [5.41, 5.74) is 0.784. The first-order valence-corrected chi connectivity index (χ1v) is 4.66. The average Bonchev–Trinajstić information content (AvgIpc) is 2.96. The van der Waals surface area contributed by atoms with Crippen molar-refractivity contribution in [3.8, 4) is 0 Å². The highest BCUT2D eigenvalue weighted by Crippen LogP contribution is 2.26. The van der Waals surface area contributed by atoms with Crippen LogP contribution in [0.15, 0.2) is 29.4 Å². The van der Waals surface area contributed by atoms with Crippen molar-refractivity contribution in [1.29, 1.82) is 0 Å². The van der Waals surface area contributed by atoms with Gasteiger partial charge in [-0.3, -0.25) is 0 Å². The minimum Gasteiger partial charge on any atom is -0.391 e. The van der Waals surface area contributed by atoms with Crippen LogP contribution in [0.4, 0.5) is 4.39 Å². The van der Waals surface area contributed by atoms with Crippen LogP contribution < -0.4 is 0 Å². The van der Waals surface area contributed by atoms with E-state index in [4.69, 9.17) is 4.84 Å². The second-order valence-corrected chi connectivity index (χ2v) is 3.40. The summed E-state index contributed by atoms with van der Waals surface area (Å²) in [7, 11) is 0. The zero-order valence-corrected chi connectivity index (χ0v) is 7.74. The highest BCUT2D eigenvalue weighted by atomic mass is 19.1. The summed E-state index contributed by atoms with van der Waals surface area (Å²) in [6.45, 7) is 0.303. The lowest BCUT2D eigenvalue weighted by molar-refractivity contribution is 0.131. The standard InChI is InChI=1S/C11H11FNO/c12-11-3-1-2-10(6-11)8-14-13-7-9-4-5-9/h1-3,6,9H,4-5,8H2. The van der Waals surface area contributed by atoms with Gasteiger partial charge < -0.3 is 4.84 Å². The molecular weight excluding hydrogens is 181 g/mol. The Morgan fingerprint density at radius 2 is 2.36 bits per heavy atom. The first-order valence-electron chi connectivity index (χ1n) is 4.66. The Labute approximate surface area is 82.4 Å². The van der Waals surface area contributed by atoms with E-state index in [9.17, 15) is 4.39 Å². The number of hydrogen-bond donors (Lipinski definition) is 0. The summed E-state index contributed by atoms with van der Waals surface area (Å²) in [5, 5.41) is 3.69. The predicted octanol–water partition coefficient (Wildman–Crippen LogP) is 2.62. The molecule has 0 saturated heterocycles. The molecule has 1 fully saturated rings. The van der Waals surface area contributed by atoms with E-state index in [1.807, 2.05) is 0 Å². The van der Waals surface area contributed by atoms with Crippen molar-refractivity contribution in [1.82, 2.24) is 0 Å². The quantitative estimate of drug-likeness (QED) is 0.530. The maximum Gasteiger partial charge on any atom is 0.142 e. The molecule has 2 nitrogen and oxygen atoms in total. The summed E-state index contributed by atoms with van der Waals surface area (Å²) in [6, 6.07) is 6.30. The Hall–Kier alpha value is -1.38. The van der Waals surface area contributed by atoms with Crippen LogP contribution >= 0.6 is 0 Å². The molecule has 0 bridgehead atoms. The van der Waals surface area contributed by atoms with Crippen LogP contribution in [0.5, 0.6) is 0 Å². The Bertz CT molecular complexity index is 334. The van der Waals surface area contributed by atoms with E-state index < -0.39 is 0 Å². The van der Waals surface area contributed by atoms with E-state index in [0.717, 1.165) is 18.4 Å². The Morgan fingerprint density at radius 1 is 1.50 bits per heavy atom. The summed E-state index contributed by atoms with van der Waals surface area (Å²) >= 11 is 0. The van der Waals surface area contributed by atoms with Crippen molar-refractivity contribution in [2.75, 3.05) is 0 Å². The maximum absolute atomic E-state index is 12.7. The maximum atomic E-state index is 12.7. The van der Waals surface area contributed by atoms with Gasteiger partial charge in [-0.05, 0) is 30.5 Å². The van der Waals surface area contributed by atoms with E-state index in [2.05, 4.69) is 11.4 Å². The average molecular weight is 192 g/mol. The topological polar surface area (TPSA) is 21.6 Å². The summed E-state index contributed by atoms with van der Waals surface area (Å²) in [6.07, 6.45) is 5.17. The molecule has 1 aliphatic carbocycles. The van der Waals surface area contributed by atoms with E-state index in [1.165, 1.54) is 12.1 Å². The fraction of sp³-hybridized carbons (Fsp3) is 0.364. The molecule has 0 heterocycles. The molecule has 1 radical (unpaired) electrons. The van der Waals surface area contributed by atoms with Gasteiger partial charge in [0.05, 0.1) is 0 Å². The number of nitrogens with zero attached hydrogens (tertiary/aromatic N) is 1. The molecule has 0 unspecified atom stereocenters.